The zero-order valence-electron chi connectivity index (χ0n) is 14.0. The average Bonchev–Trinajstić information content (AvgIpc) is 3.40. The van der Waals surface area contributed by atoms with Gasteiger partial charge in [0.05, 0.1) is 12.1 Å². The SMILES string of the molecule is CN(CC(O)C1CC1)C(=O)C1CCCCN1Cc1ccccc1. The lowest BCUT2D eigenvalue weighted by Gasteiger charge is -2.37. The van der Waals surface area contributed by atoms with Crippen molar-refractivity contribution in [3.63, 3.8) is 0 Å². The van der Waals surface area contributed by atoms with Crippen LogP contribution in [0.2, 0.25) is 0 Å². The molecule has 2 unspecified atom stereocenters. The molecule has 1 amide bonds. The van der Waals surface area contributed by atoms with E-state index >= 15 is 0 Å². The van der Waals surface area contributed by atoms with E-state index in [2.05, 4.69) is 17.0 Å². The van der Waals surface area contributed by atoms with Gasteiger partial charge in [0.1, 0.15) is 0 Å². The predicted molar refractivity (Wildman–Crippen MR) is 90.9 cm³/mol. The third-order valence-corrected chi connectivity index (χ3v) is 5.13. The molecule has 1 saturated heterocycles. The summed E-state index contributed by atoms with van der Waals surface area (Å²) in [6.45, 7) is 2.28. The first-order chi connectivity index (χ1) is 11.1. The van der Waals surface area contributed by atoms with Crippen LogP contribution >= 0.6 is 0 Å². The second-order valence-corrected chi connectivity index (χ2v) is 7.09. The van der Waals surface area contributed by atoms with E-state index in [4.69, 9.17) is 0 Å². The Bertz CT molecular complexity index is 515. The zero-order valence-corrected chi connectivity index (χ0v) is 14.0. The standard InChI is InChI=1S/C19H28N2O2/c1-20(14-18(22)16-10-11-16)19(23)17-9-5-6-12-21(17)13-15-7-3-2-4-8-15/h2-4,7-8,16-18,22H,5-6,9-14H2,1H3. The van der Waals surface area contributed by atoms with Gasteiger partial charge in [0.15, 0.2) is 0 Å². The van der Waals surface area contributed by atoms with E-state index in [0.29, 0.717) is 12.5 Å². The lowest BCUT2D eigenvalue weighted by atomic mass is 9.99. The van der Waals surface area contributed by atoms with Gasteiger partial charge in [-0.05, 0) is 43.7 Å². The third-order valence-electron chi connectivity index (χ3n) is 5.13. The van der Waals surface area contributed by atoms with Gasteiger partial charge in [-0.2, -0.15) is 0 Å². The number of piperidine rings is 1. The van der Waals surface area contributed by atoms with Gasteiger partial charge in [0.2, 0.25) is 5.91 Å². The van der Waals surface area contributed by atoms with E-state index in [-0.39, 0.29) is 18.1 Å². The Morgan fingerprint density at radius 2 is 2.00 bits per heavy atom. The lowest BCUT2D eigenvalue weighted by Crippen LogP contribution is -2.51. The highest BCUT2D eigenvalue weighted by molar-refractivity contribution is 5.81. The van der Waals surface area contributed by atoms with Crippen LogP contribution in [0.4, 0.5) is 0 Å². The van der Waals surface area contributed by atoms with Crippen LogP contribution in [0.3, 0.4) is 0 Å². The molecule has 1 aliphatic carbocycles. The predicted octanol–water partition coefficient (Wildman–Crippen LogP) is 2.27. The smallest absolute Gasteiger partial charge is 0.239 e. The Labute approximate surface area is 139 Å². The fraction of sp³-hybridized carbons (Fsp3) is 0.632. The largest absolute Gasteiger partial charge is 0.391 e. The molecule has 2 aliphatic rings. The van der Waals surface area contributed by atoms with Crippen molar-refractivity contribution in [1.29, 1.82) is 0 Å². The van der Waals surface area contributed by atoms with Crippen LogP contribution in [0.1, 0.15) is 37.7 Å². The Balaban J connectivity index is 1.61. The minimum atomic E-state index is -0.352. The Kier molecular flexibility index (Phi) is 5.34. The Hall–Kier alpha value is -1.39. The number of hydrogen-bond donors (Lipinski definition) is 1. The summed E-state index contributed by atoms with van der Waals surface area (Å²) in [7, 11) is 1.84. The molecular weight excluding hydrogens is 288 g/mol. The van der Waals surface area contributed by atoms with Gasteiger partial charge >= 0.3 is 0 Å². The number of aliphatic hydroxyl groups is 1. The first-order valence-electron chi connectivity index (χ1n) is 8.86. The van der Waals surface area contributed by atoms with E-state index in [0.717, 1.165) is 45.2 Å². The van der Waals surface area contributed by atoms with Crippen LogP contribution in [0.15, 0.2) is 30.3 Å². The first kappa shape index (κ1) is 16.5. The third kappa shape index (κ3) is 4.33. The van der Waals surface area contributed by atoms with Gasteiger partial charge in [-0.15, -0.1) is 0 Å². The van der Waals surface area contributed by atoms with Crippen molar-refractivity contribution in [2.75, 3.05) is 20.1 Å². The van der Waals surface area contributed by atoms with Crippen LogP contribution in [0, 0.1) is 5.92 Å². The lowest BCUT2D eigenvalue weighted by molar-refractivity contribution is -0.138. The van der Waals surface area contributed by atoms with Crippen molar-refractivity contribution in [1.82, 2.24) is 9.80 Å². The van der Waals surface area contributed by atoms with E-state index in [1.54, 1.807) is 4.90 Å². The summed E-state index contributed by atoms with van der Waals surface area (Å²) in [6, 6.07) is 10.3. The fourth-order valence-corrected chi connectivity index (χ4v) is 3.53. The van der Waals surface area contributed by atoms with Crippen molar-refractivity contribution in [3.05, 3.63) is 35.9 Å². The monoisotopic (exact) mass is 316 g/mol. The molecule has 4 nitrogen and oxygen atoms in total. The molecule has 1 saturated carbocycles. The molecule has 3 rings (SSSR count). The van der Waals surface area contributed by atoms with Gasteiger partial charge in [-0.1, -0.05) is 36.8 Å². The minimum absolute atomic E-state index is 0.0413. The fourth-order valence-electron chi connectivity index (χ4n) is 3.53. The summed E-state index contributed by atoms with van der Waals surface area (Å²) in [5, 5.41) is 10.1. The molecule has 2 atom stereocenters. The van der Waals surface area contributed by atoms with Crippen LogP contribution in [0.25, 0.3) is 0 Å². The van der Waals surface area contributed by atoms with Crippen molar-refractivity contribution < 1.29 is 9.90 Å². The molecule has 1 aliphatic heterocycles. The maximum atomic E-state index is 12.9. The summed E-state index contributed by atoms with van der Waals surface area (Å²) >= 11 is 0. The Morgan fingerprint density at radius 1 is 1.26 bits per heavy atom. The average molecular weight is 316 g/mol. The molecule has 1 aromatic rings. The minimum Gasteiger partial charge on any atom is -0.391 e. The highest BCUT2D eigenvalue weighted by Crippen LogP contribution is 2.33. The number of carbonyl (C=O) groups is 1. The van der Waals surface area contributed by atoms with E-state index < -0.39 is 0 Å². The number of hydrogen-bond acceptors (Lipinski definition) is 3. The van der Waals surface area contributed by atoms with Gasteiger partial charge in [0.25, 0.3) is 0 Å². The van der Waals surface area contributed by atoms with Crippen LogP contribution in [-0.4, -0.2) is 53.1 Å². The van der Waals surface area contributed by atoms with Crippen LogP contribution in [-0.2, 0) is 11.3 Å². The molecule has 0 radical (unpaired) electrons. The van der Waals surface area contributed by atoms with Crippen molar-refractivity contribution in [3.8, 4) is 0 Å². The highest BCUT2D eigenvalue weighted by atomic mass is 16.3. The van der Waals surface area contributed by atoms with Gasteiger partial charge in [-0.25, -0.2) is 0 Å². The van der Waals surface area contributed by atoms with Gasteiger partial charge in [-0.3, -0.25) is 9.69 Å². The number of rotatable bonds is 6. The molecule has 1 N–H and O–H groups in total. The number of aliphatic hydroxyl groups excluding tert-OH is 1. The first-order valence-corrected chi connectivity index (χ1v) is 8.86. The Morgan fingerprint density at radius 3 is 2.70 bits per heavy atom. The molecule has 1 aromatic carbocycles. The highest BCUT2D eigenvalue weighted by Gasteiger charge is 2.34. The zero-order chi connectivity index (χ0) is 16.2. The van der Waals surface area contributed by atoms with E-state index in [1.807, 2.05) is 25.2 Å². The molecule has 0 spiro atoms. The molecule has 2 fully saturated rings. The number of nitrogens with zero attached hydrogens (tertiary/aromatic N) is 2. The molecule has 1 heterocycles. The van der Waals surface area contributed by atoms with Gasteiger partial charge < -0.3 is 10.0 Å². The summed E-state index contributed by atoms with van der Waals surface area (Å²) in [6.07, 6.45) is 5.05. The quantitative estimate of drug-likeness (QED) is 0.875. The molecule has 23 heavy (non-hydrogen) atoms. The topological polar surface area (TPSA) is 43.8 Å². The van der Waals surface area contributed by atoms with Crippen molar-refractivity contribution in [2.45, 2.75) is 50.8 Å². The molecule has 0 bridgehead atoms. The summed E-state index contributed by atoms with van der Waals surface area (Å²) in [4.78, 5) is 16.9. The van der Waals surface area contributed by atoms with Gasteiger partial charge in [0, 0.05) is 20.1 Å². The maximum Gasteiger partial charge on any atom is 0.239 e. The molecule has 4 heteroatoms. The number of likely N-dealkylation sites (N-methyl/N-ethyl adjacent to an activating group) is 1. The van der Waals surface area contributed by atoms with E-state index in [1.165, 1.54) is 5.56 Å². The second-order valence-electron chi connectivity index (χ2n) is 7.09. The number of benzene rings is 1. The van der Waals surface area contributed by atoms with E-state index in [9.17, 15) is 9.90 Å². The maximum absolute atomic E-state index is 12.9. The molecular formula is C19H28N2O2. The number of amides is 1. The number of likely N-dealkylation sites (tertiary alicyclic amines) is 1. The number of carbonyl (C=O) groups excluding carboxylic acids is 1. The molecule has 126 valence electrons. The summed E-state index contributed by atoms with van der Waals surface area (Å²) in [5.41, 5.74) is 1.26. The van der Waals surface area contributed by atoms with Crippen LogP contribution < -0.4 is 0 Å². The summed E-state index contributed by atoms with van der Waals surface area (Å²) < 4.78 is 0. The van der Waals surface area contributed by atoms with Crippen molar-refractivity contribution >= 4 is 5.91 Å². The van der Waals surface area contributed by atoms with Crippen LogP contribution in [0.5, 0.6) is 0 Å². The van der Waals surface area contributed by atoms with Crippen molar-refractivity contribution in [2.24, 2.45) is 5.92 Å². The second kappa shape index (κ2) is 7.45. The summed E-state index contributed by atoms with van der Waals surface area (Å²) in [5.74, 6) is 0.581. The normalized spacial score (nSPS) is 23.5. The molecule has 0 aromatic heterocycles.